The van der Waals surface area contributed by atoms with Crippen LogP contribution in [0.15, 0.2) is 65.7 Å². The fraction of sp³-hybridized carbons (Fsp3) is 0.480. The molecule has 30 heavy (non-hydrogen) atoms. The van der Waals surface area contributed by atoms with Crippen LogP contribution in [0.3, 0.4) is 0 Å². The summed E-state index contributed by atoms with van der Waals surface area (Å²) in [6.45, 7) is 6.76. The number of para-hydroxylation sites is 1. The second-order valence-corrected chi connectivity index (χ2v) is 8.21. The highest BCUT2D eigenvalue weighted by Gasteiger charge is 2.29. The molecule has 0 spiro atoms. The molecule has 2 aromatic carbocycles. The van der Waals surface area contributed by atoms with Gasteiger partial charge in [0.2, 0.25) is 0 Å². The molecule has 2 aliphatic rings. The first-order chi connectivity index (χ1) is 14.8. The Morgan fingerprint density at radius 1 is 1.00 bits per heavy atom. The predicted molar refractivity (Wildman–Crippen MR) is 124 cm³/mol. The second-order valence-electron chi connectivity index (χ2n) is 8.21. The summed E-state index contributed by atoms with van der Waals surface area (Å²) in [6.07, 6.45) is 3.47. The minimum absolute atomic E-state index is 0.159. The largest absolute Gasteiger partial charge is 0.373 e. The number of nitrogens with zero attached hydrogens (tertiary/aromatic N) is 2. The fourth-order valence-corrected chi connectivity index (χ4v) is 4.47. The molecule has 2 heterocycles. The van der Waals surface area contributed by atoms with Crippen molar-refractivity contribution in [2.45, 2.75) is 38.3 Å². The molecule has 2 atom stereocenters. The van der Waals surface area contributed by atoms with Gasteiger partial charge in [-0.2, -0.15) is 0 Å². The maximum atomic E-state index is 6.03. The minimum atomic E-state index is 0.159. The van der Waals surface area contributed by atoms with Crippen molar-refractivity contribution in [3.63, 3.8) is 0 Å². The average Bonchev–Trinajstić information content (AvgIpc) is 3.28. The first-order valence-corrected chi connectivity index (χ1v) is 11.3. The number of nitrogens with one attached hydrogen (secondary N) is 2. The van der Waals surface area contributed by atoms with Gasteiger partial charge in [0.25, 0.3) is 0 Å². The minimum Gasteiger partial charge on any atom is -0.373 e. The number of hydrogen-bond donors (Lipinski definition) is 2. The van der Waals surface area contributed by atoms with E-state index in [2.05, 4.69) is 83.1 Å². The van der Waals surface area contributed by atoms with Crippen molar-refractivity contribution < 1.29 is 4.74 Å². The van der Waals surface area contributed by atoms with Crippen LogP contribution in [-0.2, 0) is 4.74 Å². The highest BCUT2D eigenvalue weighted by atomic mass is 16.5. The summed E-state index contributed by atoms with van der Waals surface area (Å²) in [5.41, 5.74) is 2.59. The zero-order valence-corrected chi connectivity index (χ0v) is 18.0. The maximum absolute atomic E-state index is 6.03. The van der Waals surface area contributed by atoms with Gasteiger partial charge in [-0.05, 0) is 43.9 Å². The molecule has 0 aliphatic carbocycles. The summed E-state index contributed by atoms with van der Waals surface area (Å²) in [5.74, 6) is 1.37. The van der Waals surface area contributed by atoms with Gasteiger partial charge in [-0.1, -0.05) is 48.5 Å². The van der Waals surface area contributed by atoms with E-state index in [4.69, 9.17) is 9.73 Å². The topological polar surface area (TPSA) is 48.9 Å². The average molecular weight is 407 g/mol. The summed E-state index contributed by atoms with van der Waals surface area (Å²) in [6, 6.07) is 21.7. The number of rotatable bonds is 6. The van der Waals surface area contributed by atoms with Crippen LogP contribution in [0.2, 0.25) is 0 Å². The Labute approximate surface area is 180 Å². The third-order valence-electron chi connectivity index (χ3n) is 6.13. The van der Waals surface area contributed by atoms with Gasteiger partial charge >= 0.3 is 0 Å². The van der Waals surface area contributed by atoms with Crippen molar-refractivity contribution in [2.24, 2.45) is 10.9 Å². The van der Waals surface area contributed by atoms with E-state index in [0.29, 0.717) is 12.0 Å². The second kappa shape index (κ2) is 10.5. The standard InChI is InChI=1S/C25H34N4O/c1-2-26-25(27-19-21-15-18-30-24(21)20-9-5-3-6-10-20)28-22-13-16-29(17-14-22)23-11-7-4-8-12-23/h3-12,21-22,24H,2,13-19H2,1H3,(H2,26,27,28). The summed E-state index contributed by atoms with van der Waals surface area (Å²) in [7, 11) is 0. The van der Waals surface area contributed by atoms with Gasteiger partial charge < -0.3 is 20.3 Å². The molecule has 2 N–H and O–H groups in total. The molecule has 2 fully saturated rings. The Kier molecular flexibility index (Phi) is 7.25. The van der Waals surface area contributed by atoms with Gasteiger partial charge in [0.15, 0.2) is 5.96 Å². The number of aliphatic imine (C=N–C) groups is 1. The van der Waals surface area contributed by atoms with E-state index in [1.54, 1.807) is 0 Å². The quantitative estimate of drug-likeness (QED) is 0.563. The van der Waals surface area contributed by atoms with Gasteiger partial charge in [0, 0.05) is 50.4 Å². The van der Waals surface area contributed by atoms with Crippen LogP contribution >= 0.6 is 0 Å². The maximum Gasteiger partial charge on any atom is 0.191 e. The lowest BCUT2D eigenvalue weighted by Gasteiger charge is -2.34. The monoisotopic (exact) mass is 406 g/mol. The fourth-order valence-electron chi connectivity index (χ4n) is 4.47. The molecule has 5 heteroatoms. The molecule has 0 aromatic heterocycles. The van der Waals surface area contributed by atoms with E-state index in [-0.39, 0.29) is 6.10 Å². The van der Waals surface area contributed by atoms with Crippen molar-refractivity contribution in [1.82, 2.24) is 10.6 Å². The summed E-state index contributed by atoms with van der Waals surface area (Å²) >= 11 is 0. The van der Waals surface area contributed by atoms with Gasteiger partial charge in [-0.3, -0.25) is 4.99 Å². The molecular weight excluding hydrogens is 372 g/mol. The Bertz CT molecular complexity index is 787. The van der Waals surface area contributed by atoms with Gasteiger partial charge in [0.1, 0.15) is 0 Å². The number of hydrogen-bond acceptors (Lipinski definition) is 3. The molecule has 2 aliphatic heterocycles. The number of anilines is 1. The smallest absolute Gasteiger partial charge is 0.191 e. The Morgan fingerprint density at radius 2 is 1.70 bits per heavy atom. The van der Waals surface area contributed by atoms with Crippen LogP contribution in [0.25, 0.3) is 0 Å². The van der Waals surface area contributed by atoms with Crippen LogP contribution in [0.5, 0.6) is 0 Å². The Hall–Kier alpha value is -2.53. The van der Waals surface area contributed by atoms with Gasteiger partial charge in [-0.25, -0.2) is 0 Å². The van der Waals surface area contributed by atoms with Crippen molar-refractivity contribution >= 4 is 11.6 Å². The van der Waals surface area contributed by atoms with Crippen molar-refractivity contribution in [2.75, 3.05) is 37.7 Å². The SMILES string of the molecule is CCNC(=NCC1CCOC1c1ccccc1)NC1CCN(c2ccccc2)CC1. The van der Waals surface area contributed by atoms with Gasteiger partial charge in [-0.15, -0.1) is 0 Å². The molecule has 0 radical (unpaired) electrons. The summed E-state index contributed by atoms with van der Waals surface area (Å²) in [4.78, 5) is 7.42. The van der Waals surface area contributed by atoms with Crippen LogP contribution < -0.4 is 15.5 Å². The Morgan fingerprint density at radius 3 is 2.40 bits per heavy atom. The molecule has 4 rings (SSSR count). The first-order valence-electron chi connectivity index (χ1n) is 11.3. The molecule has 160 valence electrons. The summed E-state index contributed by atoms with van der Waals surface area (Å²) < 4.78 is 6.03. The highest BCUT2D eigenvalue weighted by Crippen LogP contribution is 2.34. The van der Waals surface area contributed by atoms with Crippen LogP contribution in [0.1, 0.15) is 37.9 Å². The summed E-state index contributed by atoms with van der Waals surface area (Å²) in [5, 5.41) is 7.11. The predicted octanol–water partition coefficient (Wildman–Crippen LogP) is 3.99. The lowest BCUT2D eigenvalue weighted by molar-refractivity contribution is 0.0925. The normalized spacial score (nSPS) is 22.8. The number of ether oxygens (including phenoxy) is 1. The van der Waals surface area contributed by atoms with Crippen molar-refractivity contribution in [3.05, 3.63) is 66.2 Å². The van der Waals surface area contributed by atoms with Crippen LogP contribution in [-0.4, -0.2) is 44.8 Å². The van der Waals surface area contributed by atoms with E-state index in [1.165, 1.54) is 11.3 Å². The number of piperidine rings is 1. The molecule has 0 amide bonds. The lowest BCUT2D eigenvalue weighted by Crippen LogP contribution is -2.49. The molecule has 2 unspecified atom stereocenters. The molecule has 2 saturated heterocycles. The lowest BCUT2D eigenvalue weighted by atomic mass is 9.95. The molecule has 0 saturated carbocycles. The van der Waals surface area contributed by atoms with E-state index >= 15 is 0 Å². The molecule has 2 aromatic rings. The van der Waals surface area contributed by atoms with E-state index in [1.807, 2.05) is 0 Å². The van der Waals surface area contributed by atoms with Crippen molar-refractivity contribution in [1.29, 1.82) is 0 Å². The number of benzene rings is 2. The molecule has 0 bridgehead atoms. The van der Waals surface area contributed by atoms with Crippen molar-refractivity contribution in [3.8, 4) is 0 Å². The van der Waals surface area contributed by atoms with Crippen LogP contribution in [0, 0.1) is 5.92 Å². The Balaban J connectivity index is 1.32. The van der Waals surface area contributed by atoms with Crippen LogP contribution in [0.4, 0.5) is 5.69 Å². The zero-order chi connectivity index (χ0) is 20.6. The number of guanidine groups is 1. The third kappa shape index (κ3) is 5.33. The first kappa shape index (κ1) is 20.7. The third-order valence-corrected chi connectivity index (χ3v) is 6.13. The van der Waals surface area contributed by atoms with E-state index < -0.39 is 0 Å². The molecule has 5 nitrogen and oxygen atoms in total. The van der Waals surface area contributed by atoms with Gasteiger partial charge in [0.05, 0.1) is 6.10 Å². The molecular formula is C25H34N4O. The van der Waals surface area contributed by atoms with E-state index in [9.17, 15) is 0 Å². The van der Waals surface area contributed by atoms with E-state index in [0.717, 1.165) is 58.0 Å². The highest BCUT2D eigenvalue weighted by molar-refractivity contribution is 5.80. The zero-order valence-electron chi connectivity index (χ0n) is 18.0.